The van der Waals surface area contributed by atoms with Gasteiger partial charge in [-0.3, -0.25) is 9.59 Å². The molecular weight excluding hydrogens is 443 g/mol. The summed E-state index contributed by atoms with van der Waals surface area (Å²) >= 11 is 13.2. The number of halogens is 2. The Kier molecular flexibility index (Phi) is 4.69. The van der Waals surface area contributed by atoms with E-state index in [2.05, 4.69) is 0 Å². The molecule has 0 aromatic heterocycles. The van der Waals surface area contributed by atoms with Gasteiger partial charge in [-0.15, -0.1) is 0 Å². The van der Waals surface area contributed by atoms with E-state index in [0.717, 1.165) is 19.3 Å². The quantitative estimate of drug-likeness (QED) is 0.481. The summed E-state index contributed by atoms with van der Waals surface area (Å²) in [5.74, 6) is -3.40. The van der Waals surface area contributed by atoms with Crippen molar-refractivity contribution in [2.45, 2.75) is 56.5 Å². The lowest BCUT2D eigenvalue weighted by Crippen LogP contribution is -2.65. The number of ketones is 2. The molecule has 2 saturated heterocycles. The van der Waals surface area contributed by atoms with Crippen molar-refractivity contribution in [2.24, 2.45) is 11.8 Å². The average Bonchev–Trinajstić information content (AvgIpc) is 3.05. The predicted octanol–water partition coefficient (Wildman–Crippen LogP) is 4.22. The third-order valence-electron chi connectivity index (χ3n) is 7.21. The summed E-state index contributed by atoms with van der Waals surface area (Å²) in [6.45, 7) is 3.67. The summed E-state index contributed by atoms with van der Waals surface area (Å²) < 4.78 is 18.6. The van der Waals surface area contributed by atoms with Crippen molar-refractivity contribution < 1.29 is 28.6 Å². The van der Waals surface area contributed by atoms with E-state index in [9.17, 15) is 14.4 Å². The Morgan fingerprint density at radius 2 is 1.94 bits per heavy atom. The first kappa shape index (κ1) is 21.1. The van der Waals surface area contributed by atoms with E-state index in [1.54, 1.807) is 31.2 Å². The fourth-order valence-electron chi connectivity index (χ4n) is 5.81. The smallest absolute Gasteiger partial charge is 0.350 e. The molecule has 8 heteroatoms. The fourth-order valence-corrected chi connectivity index (χ4v) is 6.40. The zero-order chi connectivity index (χ0) is 22.2. The van der Waals surface area contributed by atoms with E-state index in [4.69, 9.17) is 37.4 Å². The molecule has 2 aliphatic carbocycles. The van der Waals surface area contributed by atoms with Gasteiger partial charge in [0.15, 0.2) is 17.2 Å². The first-order chi connectivity index (χ1) is 14.8. The maximum Gasteiger partial charge on any atom is 0.350 e. The van der Waals surface area contributed by atoms with Gasteiger partial charge in [0.05, 0.1) is 11.6 Å². The summed E-state index contributed by atoms with van der Waals surface area (Å²) in [6, 6.07) is 6.60. The molecule has 1 saturated carbocycles. The average molecular weight is 465 g/mol. The minimum absolute atomic E-state index is 0.0366. The predicted molar refractivity (Wildman–Crippen MR) is 112 cm³/mol. The molecule has 2 aliphatic heterocycles. The van der Waals surface area contributed by atoms with Crippen LogP contribution in [0.5, 0.6) is 0 Å². The van der Waals surface area contributed by atoms with Gasteiger partial charge >= 0.3 is 5.97 Å². The summed E-state index contributed by atoms with van der Waals surface area (Å²) in [4.78, 5) is 40.2. The van der Waals surface area contributed by atoms with Crippen LogP contribution in [0.3, 0.4) is 0 Å². The van der Waals surface area contributed by atoms with Crippen molar-refractivity contribution in [2.75, 3.05) is 6.61 Å². The molecule has 0 amide bonds. The Hall–Kier alpha value is -1.73. The number of Topliss-reactive ketones (excluding diaryl/α,β-unsaturated/α-hetero) is 2. The molecule has 5 rings (SSSR count). The molecule has 6 nitrogen and oxygen atoms in total. The minimum Gasteiger partial charge on any atom is -0.463 e. The summed E-state index contributed by atoms with van der Waals surface area (Å²) in [5, 5.41) is -0.501. The Morgan fingerprint density at radius 1 is 1.19 bits per heavy atom. The lowest BCUT2D eigenvalue weighted by atomic mass is 9.66. The molecule has 2 spiro atoms. The van der Waals surface area contributed by atoms with Crippen LogP contribution in [0.1, 0.15) is 55.5 Å². The van der Waals surface area contributed by atoms with Crippen molar-refractivity contribution in [1.82, 2.24) is 0 Å². The molecule has 4 aliphatic rings. The first-order valence-corrected chi connectivity index (χ1v) is 11.3. The van der Waals surface area contributed by atoms with Gasteiger partial charge in [0.2, 0.25) is 5.78 Å². The monoisotopic (exact) mass is 464 g/mol. The molecule has 3 fully saturated rings. The van der Waals surface area contributed by atoms with E-state index in [1.165, 1.54) is 0 Å². The maximum atomic E-state index is 13.8. The second kappa shape index (κ2) is 6.88. The van der Waals surface area contributed by atoms with Crippen LogP contribution in [0, 0.1) is 11.8 Å². The molecule has 0 N–H and O–H groups in total. The Balaban J connectivity index is 1.88. The number of allylic oxidation sites excluding steroid dienone is 1. The fraction of sp³-hybridized carbons (Fsp3) is 0.522. The van der Waals surface area contributed by atoms with E-state index in [-0.39, 0.29) is 40.5 Å². The van der Waals surface area contributed by atoms with Crippen molar-refractivity contribution in [3.63, 3.8) is 0 Å². The number of carbonyl (C=O) groups excluding carboxylic acids is 3. The molecule has 5 atom stereocenters. The van der Waals surface area contributed by atoms with Gasteiger partial charge in [-0.1, -0.05) is 60.8 Å². The number of esters is 1. The van der Waals surface area contributed by atoms with Gasteiger partial charge in [-0.25, -0.2) is 4.79 Å². The second-order valence-electron chi connectivity index (χ2n) is 8.67. The van der Waals surface area contributed by atoms with Crippen molar-refractivity contribution in [1.29, 1.82) is 0 Å². The number of hydrogen-bond donors (Lipinski definition) is 0. The Bertz CT molecular complexity index is 1050. The molecule has 2 bridgehead atoms. The number of carbonyl (C=O) groups is 3. The minimum atomic E-state index is -2.18. The van der Waals surface area contributed by atoms with Crippen LogP contribution in [0.25, 0.3) is 0 Å². The maximum absolute atomic E-state index is 13.8. The summed E-state index contributed by atoms with van der Waals surface area (Å²) in [7, 11) is 0. The van der Waals surface area contributed by atoms with Crippen LogP contribution in [-0.4, -0.2) is 35.5 Å². The highest BCUT2D eigenvalue weighted by Crippen LogP contribution is 2.67. The van der Waals surface area contributed by atoms with Crippen LogP contribution >= 0.6 is 23.2 Å². The molecule has 2 heterocycles. The van der Waals surface area contributed by atoms with Gasteiger partial charge in [0.1, 0.15) is 5.03 Å². The highest BCUT2D eigenvalue weighted by atomic mass is 35.5. The van der Waals surface area contributed by atoms with Crippen LogP contribution in [0.2, 0.25) is 0 Å². The molecular formula is C23H22Cl2O6. The van der Waals surface area contributed by atoms with Gasteiger partial charge in [0, 0.05) is 29.4 Å². The number of hydrogen-bond acceptors (Lipinski definition) is 6. The van der Waals surface area contributed by atoms with Gasteiger partial charge < -0.3 is 14.2 Å². The van der Waals surface area contributed by atoms with Gasteiger partial charge in [-0.05, 0) is 19.8 Å². The van der Waals surface area contributed by atoms with Crippen molar-refractivity contribution in [3.05, 3.63) is 45.5 Å². The third-order valence-corrected chi connectivity index (χ3v) is 8.12. The topological polar surface area (TPSA) is 78.9 Å². The van der Waals surface area contributed by atoms with Crippen LogP contribution in [-0.2, 0) is 29.4 Å². The van der Waals surface area contributed by atoms with Gasteiger partial charge in [0.25, 0.3) is 5.60 Å². The number of fused-ring (bicyclic) bond motifs is 4. The van der Waals surface area contributed by atoms with E-state index in [1.807, 2.05) is 6.92 Å². The zero-order valence-corrected chi connectivity index (χ0v) is 18.7. The van der Waals surface area contributed by atoms with Crippen molar-refractivity contribution in [3.8, 4) is 0 Å². The first-order valence-electron chi connectivity index (χ1n) is 10.6. The second-order valence-corrected chi connectivity index (χ2v) is 9.42. The zero-order valence-electron chi connectivity index (χ0n) is 17.2. The van der Waals surface area contributed by atoms with E-state index in [0.29, 0.717) is 5.56 Å². The summed E-state index contributed by atoms with van der Waals surface area (Å²) in [6.07, 6.45) is 2.55. The highest BCUT2D eigenvalue weighted by Gasteiger charge is 2.82. The molecule has 164 valence electrons. The SMILES string of the molecule is CCOC(=O)C12OC3(OC14C(Cl)=C(Cl)C(=O)c1ccccc14)C(C)CCCC3CC2=O. The molecule has 31 heavy (non-hydrogen) atoms. The lowest BCUT2D eigenvalue weighted by Gasteiger charge is -2.47. The van der Waals surface area contributed by atoms with E-state index < -0.39 is 34.5 Å². The molecule has 5 unspecified atom stereocenters. The Labute approximate surface area is 189 Å². The number of benzene rings is 1. The van der Waals surface area contributed by atoms with E-state index >= 15 is 0 Å². The van der Waals surface area contributed by atoms with Crippen LogP contribution < -0.4 is 0 Å². The largest absolute Gasteiger partial charge is 0.463 e. The molecule has 0 radical (unpaired) electrons. The number of ether oxygens (including phenoxy) is 3. The highest BCUT2D eigenvalue weighted by molar-refractivity contribution is 6.52. The molecule has 1 aromatic carbocycles. The van der Waals surface area contributed by atoms with Crippen molar-refractivity contribution >= 4 is 40.7 Å². The van der Waals surface area contributed by atoms with Gasteiger partial charge in [-0.2, -0.15) is 0 Å². The molecule has 1 aromatic rings. The standard InChI is InChI=1S/C23H22Cl2O6/c1-3-29-20(28)22-16(26)11-13-8-6-7-12(2)23(13,31-22)30-21(22)15-10-5-4-9-14(15)18(27)17(24)19(21)25/h4-5,9-10,12-13H,3,6-8,11H2,1-2H3. The van der Waals surface area contributed by atoms with Crippen LogP contribution in [0.15, 0.2) is 34.3 Å². The lowest BCUT2D eigenvalue weighted by molar-refractivity contribution is -0.278. The Morgan fingerprint density at radius 3 is 2.68 bits per heavy atom. The van der Waals surface area contributed by atoms with Crippen LogP contribution in [0.4, 0.5) is 0 Å². The normalized spacial score (nSPS) is 38.8. The number of rotatable bonds is 2. The third kappa shape index (κ3) is 2.34. The summed E-state index contributed by atoms with van der Waals surface area (Å²) in [5.41, 5.74) is -3.55.